The summed E-state index contributed by atoms with van der Waals surface area (Å²) in [5, 5.41) is 4.98. The van der Waals surface area contributed by atoms with Crippen LogP contribution in [0.1, 0.15) is 6.42 Å². The maximum Gasteiger partial charge on any atom is 0.315 e. The van der Waals surface area contributed by atoms with Crippen LogP contribution in [0.2, 0.25) is 0 Å². The molecule has 18 heavy (non-hydrogen) atoms. The van der Waals surface area contributed by atoms with E-state index in [4.69, 9.17) is 0 Å². The summed E-state index contributed by atoms with van der Waals surface area (Å²) in [6.45, 7) is 0.513. The number of nitrogens with one attached hydrogen (secondary N) is 2. The smallest absolute Gasteiger partial charge is 0.315 e. The number of urea groups is 1. The maximum atomic E-state index is 12.8. The number of amides is 3. The summed E-state index contributed by atoms with van der Waals surface area (Å²) in [4.78, 5) is 24.7. The Morgan fingerprint density at radius 3 is 2.67 bits per heavy atom. The highest BCUT2D eigenvalue weighted by Crippen LogP contribution is 2.21. The Kier molecular flexibility index (Phi) is 3.45. The predicted octanol–water partition coefficient (Wildman–Crippen LogP) is 0.860. The minimum Gasteiger partial charge on any atom is -0.341 e. The van der Waals surface area contributed by atoms with Gasteiger partial charge in [-0.3, -0.25) is 4.79 Å². The normalized spacial score (nSPS) is 18.9. The third kappa shape index (κ3) is 2.42. The van der Waals surface area contributed by atoms with E-state index in [1.165, 1.54) is 19.2 Å². The molecular formula is C12H14FN3O2. The van der Waals surface area contributed by atoms with Crippen molar-refractivity contribution in [3.63, 3.8) is 0 Å². The zero-order valence-electron chi connectivity index (χ0n) is 9.94. The van der Waals surface area contributed by atoms with Gasteiger partial charge in [-0.25, -0.2) is 9.18 Å². The fraction of sp³-hybridized carbons (Fsp3) is 0.333. The fourth-order valence-corrected chi connectivity index (χ4v) is 1.92. The summed E-state index contributed by atoms with van der Waals surface area (Å²) < 4.78 is 12.8. The molecule has 0 unspecified atom stereocenters. The van der Waals surface area contributed by atoms with Crippen LogP contribution in [-0.4, -0.2) is 31.6 Å². The summed E-state index contributed by atoms with van der Waals surface area (Å²) in [7, 11) is 1.49. The van der Waals surface area contributed by atoms with Crippen molar-refractivity contribution in [3.05, 3.63) is 30.1 Å². The number of hydrogen-bond donors (Lipinski definition) is 2. The molecule has 0 bridgehead atoms. The van der Waals surface area contributed by atoms with Crippen LogP contribution in [0.25, 0.3) is 0 Å². The monoisotopic (exact) mass is 251 g/mol. The van der Waals surface area contributed by atoms with Crippen LogP contribution in [0.5, 0.6) is 0 Å². The molecular weight excluding hydrogens is 237 g/mol. The van der Waals surface area contributed by atoms with Crippen molar-refractivity contribution in [1.82, 2.24) is 10.6 Å². The summed E-state index contributed by atoms with van der Waals surface area (Å²) >= 11 is 0. The van der Waals surface area contributed by atoms with E-state index in [-0.39, 0.29) is 17.8 Å². The van der Waals surface area contributed by atoms with Crippen molar-refractivity contribution in [3.8, 4) is 0 Å². The first kappa shape index (κ1) is 12.3. The molecule has 2 rings (SSSR count). The zero-order chi connectivity index (χ0) is 13.1. The van der Waals surface area contributed by atoms with Gasteiger partial charge in [-0.1, -0.05) is 0 Å². The molecule has 1 atom stereocenters. The van der Waals surface area contributed by atoms with E-state index in [1.54, 1.807) is 17.0 Å². The first-order valence-electron chi connectivity index (χ1n) is 5.67. The molecule has 1 aliphatic heterocycles. The lowest BCUT2D eigenvalue weighted by molar-refractivity contribution is -0.118. The number of hydrogen-bond acceptors (Lipinski definition) is 2. The fourth-order valence-electron chi connectivity index (χ4n) is 1.92. The van der Waals surface area contributed by atoms with Gasteiger partial charge in [-0.05, 0) is 30.7 Å². The minimum absolute atomic E-state index is 0.176. The van der Waals surface area contributed by atoms with Gasteiger partial charge in [0.25, 0.3) is 0 Å². The Hall–Kier alpha value is -2.11. The third-order valence-corrected chi connectivity index (χ3v) is 2.88. The van der Waals surface area contributed by atoms with Crippen molar-refractivity contribution < 1.29 is 14.0 Å². The van der Waals surface area contributed by atoms with E-state index in [0.29, 0.717) is 18.7 Å². The SMILES string of the molecule is CNC(=O)N[C@@H]1CCN(c2ccc(F)cc2)C1=O. The summed E-state index contributed by atoms with van der Waals surface area (Å²) in [5.74, 6) is -0.518. The molecule has 1 heterocycles. The largest absolute Gasteiger partial charge is 0.341 e. The molecule has 5 nitrogen and oxygen atoms in total. The average Bonchev–Trinajstić information content (AvgIpc) is 2.72. The molecule has 3 amide bonds. The lowest BCUT2D eigenvalue weighted by atomic mass is 10.2. The Balaban J connectivity index is 2.07. The zero-order valence-corrected chi connectivity index (χ0v) is 9.94. The Bertz CT molecular complexity index is 461. The molecule has 0 saturated carbocycles. The molecule has 96 valence electrons. The van der Waals surface area contributed by atoms with Crippen LogP contribution in [0, 0.1) is 5.82 Å². The Morgan fingerprint density at radius 1 is 1.39 bits per heavy atom. The second kappa shape index (κ2) is 5.03. The van der Waals surface area contributed by atoms with Gasteiger partial charge >= 0.3 is 6.03 Å². The Labute approximate surface area is 104 Å². The number of carbonyl (C=O) groups excluding carboxylic acids is 2. The van der Waals surface area contributed by atoms with Gasteiger partial charge in [0.1, 0.15) is 11.9 Å². The van der Waals surface area contributed by atoms with Crippen molar-refractivity contribution in [2.75, 3.05) is 18.5 Å². The number of carbonyl (C=O) groups is 2. The molecule has 1 fully saturated rings. The first-order valence-corrected chi connectivity index (χ1v) is 5.67. The topological polar surface area (TPSA) is 61.4 Å². The van der Waals surface area contributed by atoms with Gasteiger partial charge in [0.15, 0.2) is 0 Å². The van der Waals surface area contributed by atoms with E-state index in [0.717, 1.165) is 0 Å². The highest BCUT2D eigenvalue weighted by Gasteiger charge is 2.33. The number of anilines is 1. The van der Waals surface area contributed by atoms with Crippen LogP contribution in [-0.2, 0) is 4.79 Å². The van der Waals surface area contributed by atoms with Crippen LogP contribution in [0.15, 0.2) is 24.3 Å². The third-order valence-electron chi connectivity index (χ3n) is 2.88. The molecule has 0 aliphatic carbocycles. The van der Waals surface area contributed by atoms with Crippen LogP contribution < -0.4 is 15.5 Å². The second-order valence-electron chi connectivity index (χ2n) is 4.03. The van der Waals surface area contributed by atoms with Crippen molar-refractivity contribution in [2.45, 2.75) is 12.5 Å². The number of halogens is 1. The first-order chi connectivity index (χ1) is 8.61. The maximum absolute atomic E-state index is 12.8. The molecule has 0 spiro atoms. The molecule has 1 aromatic carbocycles. The minimum atomic E-state index is -0.519. The second-order valence-corrected chi connectivity index (χ2v) is 4.03. The average molecular weight is 251 g/mol. The lowest BCUT2D eigenvalue weighted by Gasteiger charge is -2.17. The molecule has 1 saturated heterocycles. The van der Waals surface area contributed by atoms with Crippen molar-refractivity contribution in [1.29, 1.82) is 0 Å². The predicted molar refractivity (Wildman–Crippen MR) is 64.7 cm³/mol. The molecule has 6 heteroatoms. The van der Waals surface area contributed by atoms with E-state index in [1.807, 2.05) is 0 Å². The van der Waals surface area contributed by atoms with Gasteiger partial charge in [-0.15, -0.1) is 0 Å². The van der Waals surface area contributed by atoms with Gasteiger partial charge in [0, 0.05) is 19.3 Å². The van der Waals surface area contributed by atoms with Gasteiger partial charge in [0.05, 0.1) is 0 Å². The summed E-state index contributed by atoms with van der Waals surface area (Å²) in [6, 6.07) is 4.82. The van der Waals surface area contributed by atoms with E-state index >= 15 is 0 Å². The molecule has 1 aliphatic rings. The molecule has 0 radical (unpaired) electrons. The summed E-state index contributed by atoms with van der Waals surface area (Å²) in [6.07, 6.45) is 0.545. The Morgan fingerprint density at radius 2 is 2.06 bits per heavy atom. The van der Waals surface area contributed by atoms with Crippen molar-refractivity contribution in [2.24, 2.45) is 0 Å². The molecule has 2 N–H and O–H groups in total. The van der Waals surface area contributed by atoms with Gasteiger partial charge in [-0.2, -0.15) is 0 Å². The van der Waals surface area contributed by atoms with E-state index < -0.39 is 6.04 Å². The van der Waals surface area contributed by atoms with E-state index in [9.17, 15) is 14.0 Å². The molecule has 1 aromatic rings. The highest BCUT2D eigenvalue weighted by molar-refractivity contribution is 6.01. The van der Waals surface area contributed by atoms with Gasteiger partial charge in [0.2, 0.25) is 5.91 Å². The number of rotatable bonds is 2. The van der Waals surface area contributed by atoms with Crippen molar-refractivity contribution >= 4 is 17.6 Å². The number of benzene rings is 1. The molecule has 0 aromatic heterocycles. The summed E-state index contributed by atoms with van der Waals surface area (Å²) in [5.41, 5.74) is 0.641. The van der Waals surface area contributed by atoms with Crippen LogP contribution >= 0.6 is 0 Å². The number of nitrogens with zero attached hydrogens (tertiary/aromatic N) is 1. The van der Waals surface area contributed by atoms with Crippen LogP contribution in [0.3, 0.4) is 0 Å². The quantitative estimate of drug-likeness (QED) is 0.819. The van der Waals surface area contributed by atoms with E-state index in [2.05, 4.69) is 10.6 Å². The van der Waals surface area contributed by atoms with Gasteiger partial charge < -0.3 is 15.5 Å². The highest BCUT2D eigenvalue weighted by atomic mass is 19.1. The standard InChI is InChI=1S/C12H14FN3O2/c1-14-12(18)15-10-6-7-16(11(10)17)9-4-2-8(13)3-5-9/h2-5,10H,6-7H2,1H3,(H2,14,15,18)/t10-/m1/s1. The van der Waals surface area contributed by atoms with Crippen LogP contribution in [0.4, 0.5) is 14.9 Å². The lowest BCUT2D eigenvalue weighted by Crippen LogP contribution is -2.45.